The van der Waals surface area contributed by atoms with Gasteiger partial charge in [0.15, 0.2) is 0 Å². The number of hydrogen-bond acceptors (Lipinski definition) is 2. The maximum Gasteiger partial charge on any atom is 0.248 e. The third-order valence-electron chi connectivity index (χ3n) is 3.05. The largest absolute Gasteiger partial charge is 0.368 e. The van der Waals surface area contributed by atoms with Crippen molar-refractivity contribution in [3.05, 3.63) is 59.7 Å². The van der Waals surface area contributed by atoms with Crippen LogP contribution in [-0.4, -0.2) is 12.5 Å². The Bertz CT molecular complexity index is 589. The van der Waals surface area contributed by atoms with Gasteiger partial charge in [-0.1, -0.05) is 30.3 Å². The number of ether oxygens (including phenoxy) is 1. The summed E-state index contributed by atoms with van der Waals surface area (Å²) in [5, 5.41) is 0. The van der Waals surface area contributed by atoms with E-state index in [4.69, 9.17) is 10.5 Å². The van der Waals surface area contributed by atoms with Crippen LogP contribution in [0.4, 0.5) is 0 Å². The molecule has 1 fully saturated rings. The zero-order chi connectivity index (χ0) is 12.5. The summed E-state index contributed by atoms with van der Waals surface area (Å²) in [6, 6.07) is 15.6. The van der Waals surface area contributed by atoms with E-state index in [1.54, 1.807) is 0 Å². The molecule has 3 nitrogen and oxygen atoms in total. The van der Waals surface area contributed by atoms with Gasteiger partial charge >= 0.3 is 0 Å². The molecule has 2 aromatic rings. The smallest absolute Gasteiger partial charge is 0.248 e. The first-order valence-electron chi connectivity index (χ1n) is 5.86. The van der Waals surface area contributed by atoms with Gasteiger partial charge in [0, 0.05) is 5.56 Å². The molecule has 1 saturated heterocycles. The van der Waals surface area contributed by atoms with Gasteiger partial charge < -0.3 is 10.5 Å². The summed E-state index contributed by atoms with van der Waals surface area (Å²) in [5.41, 5.74) is 8.99. The van der Waals surface area contributed by atoms with Crippen LogP contribution >= 0.6 is 0 Å². The second kappa shape index (κ2) is 4.27. The lowest BCUT2D eigenvalue weighted by atomic mass is 9.98. The maximum absolute atomic E-state index is 11.4. The van der Waals surface area contributed by atoms with Gasteiger partial charge in [0.2, 0.25) is 5.91 Å². The number of carbonyl (C=O) groups is 1. The van der Waals surface area contributed by atoms with Crippen molar-refractivity contribution >= 4 is 5.91 Å². The lowest BCUT2D eigenvalue weighted by Crippen LogP contribution is -2.11. The van der Waals surface area contributed by atoms with Crippen molar-refractivity contribution in [2.45, 2.75) is 6.10 Å². The summed E-state index contributed by atoms with van der Waals surface area (Å²) in [6.07, 6.45) is 0.117. The molecule has 0 aromatic heterocycles. The minimum absolute atomic E-state index is 0.117. The van der Waals surface area contributed by atoms with Crippen molar-refractivity contribution in [2.24, 2.45) is 5.73 Å². The minimum atomic E-state index is -0.408. The summed E-state index contributed by atoms with van der Waals surface area (Å²) < 4.78 is 5.27. The molecular formula is C15H13NO2. The fourth-order valence-corrected chi connectivity index (χ4v) is 2.02. The van der Waals surface area contributed by atoms with Crippen LogP contribution in [0.15, 0.2) is 48.5 Å². The lowest BCUT2D eigenvalue weighted by molar-refractivity contribution is 0.1000. The highest BCUT2D eigenvalue weighted by Crippen LogP contribution is 2.33. The highest BCUT2D eigenvalue weighted by molar-refractivity contribution is 5.94. The second-order valence-corrected chi connectivity index (χ2v) is 4.40. The van der Waals surface area contributed by atoms with Crippen LogP contribution in [0.2, 0.25) is 0 Å². The normalized spacial score (nSPS) is 17.4. The molecule has 0 radical (unpaired) electrons. The number of benzene rings is 2. The molecule has 0 saturated carbocycles. The zero-order valence-electron chi connectivity index (χ0n) is 9.80. The molecule has 1 atom stereocenters. The maximum atomic E-state index is 11.4. The number of hydrogen-bond donors (Lipinski definition) is 1. The molecule has 1 aliphatic heterocycles. The van der Waals surface area contributed by atoms with Gasteiger partial charge in [-0.15, -0.1) is 0 Å². The van der Waals surface area contributed by atoms with Crippen molar-refractivity contribution in [3.63, 3.8) is 0 Å². The quantitative estimate of drug-likeness (QED) is 0.837. The van der Waals surface area contributed by atoms with Crippen molar-refractivity contribution in [3.8, 4) is 11.1 Å². The van der Waals surface area contributed by atoms with Crippen LogP contribution in [0.25, 0.3) is 11.1 Å². The van der Waals surface area contributed by atoms with Gasteiger partial charge in [-0.2, -0.15) is 0 Å². The monoisotopic (exact) mass is 239 g/mol. The molecule has 1 aliphatic rings. The van der Waals surface area contributed by atoms with Crippen LogP contribution in [-0.2, 0) is 4.74 Å². The standard InChI is InChI=1S/C15H13NO2/c16-15(17)13-7-11(10-4-2-1-3-5-10)6-12(8-13)14-9-18-14/h1-8,14H,9H2,(H2,16,17). The molecule has 3 rings (SSSR count). The van der Waals surface area contributed by atoms with E-state index in [0.717, 1.165) is 23.3 Å². The van der Waals surface area contributed by atoms with Gasteiger partial charge in [0.25, 0.3) is 0 Å². The highest BCUT2D eigenvalue weighted by atomic mass is 16.6. The topological polar surface area (TPSA) is 55.6 Å². The molecule has 3 heteroatoms. The number of primary amides is 1. The summed E-state index contributed by atoms with van der Waals surface area (Å²) >= 11 is 0. The van der Waals surface area contributed by atoms with Crippen molar-refractivity contribution in [1.29, 1.82) is 0 Å². The van der Waals surface area contributed by atoms with E-state index in [2.05, 4.69) is 6.07 Å². The Labute approximate surface area is 105 Å². The van der Waals surface area contributed by atoms with Gasteiger partial charge in [-0.3, -0.25) is 4.79 Å². The van der Waals surface area contributed by atoms with Crippen LogP contribution in [0.5, 0.6) is 0 Å². The van der Waals surface area contributed by atoms with E-state index in [1.165, 1.54) is 0 Å². The first kappa shape index (κ1) is 11.0. The van der Waals surface area contributed by atoms with E-state index >= 15 is 0 Å². The Morgan fingerprint density at radius 2 is 1.83 bits per heavy atom. The molecule has 18 heavy (non-hydrogen) atoms. The fourth-order valence-electron chi connectivity index (χ4n) is 2.02. The molecule has 0 aliphatic carbocycles. The van der Waals surface area contributed by atoms with Crippen molar-refractivity contribution in [2.75, 3.05) is 6.61 Å². The van der Waals surface area contributed by atoms with E-state index in [9.17, 15) is 4.79 Å². The molecule has 1 heterocycles. The Hall–Kier alpha value is -2.13. The summed E-state index contributed by atoms with van der Waals surface area (Å²) in [6.45, 7) is 0.719. The minimum Gasteiger partial charge on any atom is -0.368 e. The number of rotatable bonds is 3. The Balaban J connectivity index is 2.11. The fraction of sp³-hybridized carbons (Fsp3) is 0.133. The summed E-state index contributed by atoms with van der Waals surface area (Å²) in [4.78, 5) is 11.4. The molecule has 0 bridgehead atoms. The van der Waals surface area contributed by atoms with Crippen LogP contribution in [0.3, 0.4) is 0 Å². The summed E-state index contributed by atoms with van der Waals surface area (Å²) in [7, 11) is 0. The zero-order valence-corrected chi connectivity index (χ0v) is 9.80. The molecule has 90 valence electrons. The van der Waals surface area contributed by atoms with Gasteiger partial charge in [-0.25, -0.2) is 0 Å². The SMILES string of the molecule is NC(=O)c1cc(-c2ccccc2)cc(C2CO2)c1. The van der Waals surface area contributed by atoms with Crippen LogP contribution in [0.1, 0.15) is 22.0 Å². The lowest BCUT2D eigenvalue weighted by Gasteiger charge is -2.07. The second-order valence-electron chi connectivity index (χ2n) is 4.40. The first-order valence-corrected chi connectivity index (χ1v) is 5.86. The highest BCUT2D eigenvalue weighted by Gasteiger charge is 2.26. The predicted octanol–water partition coefficient (Wildman–Crippen LogP) is 2.52. The number of carbonyl (C=O) groups excluding carboxylic acids is 1. The number of amides is 1. The number of epoxide rings is 1. The molecule has 1 amide bonds. The van der Waals surface area contributed by atoms with Crippen LogP contribution < -0.4 is 5.73 Å². The van der Waals surface area contributed by atoms with Gasteiger partial charge in [0.05, 0.1) is 6.61 Å². The molecule has 2 aromatic carbocycles. The van der Waals surface area contributed by atoms with E-state index in [-0.39, 0.29) is 6.10 Å². The van der Waals surface area contributed by atoms with Crippen molar-refractivity contribution in [1.82, 2.24) is 0 Å². The van der Waals surface area contributed by atoms with E-state index < -0.39 is 5.91 Å². The summed E-state index contributed by atoms with van der Waals surface area (Å²) in [5.74, 6) is -0.408. The third kappa shape index (κ3) is 2.13. The predicted molar refractivity (Wildman–Crippen MR) is 69.1 cm³/mol. The number of nitrogens with two attached hydrogens (primary N) is 1. The Kier molecular flexibility index (Phi) is 2.61. The average molecular weight is 239 g/mol. The van der Waals surface area contributed by atoms with E-state index in [0.29, 0.717) is 5.56 Å². The Morgan fingerprint density at radius 3 is 2.44 bits per heavy atom. The third-order valence-corrected chi connectivity index (χ3v) is 3.05. The molecular weight excluding hydrogens is 226 g/mol. The van der Waals surface area contributed by atoms with E-state index in [1.807, 2.05) is 42.5 Å². The van der Waals surface area contributed by atoms with Gasteiger partial charge in [-0.05, 0) is 34.9 Å². The Morgan fingerprint density at radius 1 is 1.11 bits per heavy atom. The van der Waals surface area contributed by atoms with Gasteiger partial charge in [0.1, 0.15) is 6.10 Å². The van der Waals surface area contributed by atoms with Crippen LogP contribution in [0, 0.1) is 0 Å². The molecule has 1 unspecified atom stereocenters. The molecule has 0 spiro atoms. The average Bonchev–Trinajstić information content (AvgIpc) is 3.23. The molecule has 2 N–H and O–H groups in total. The first-order chi connectivity index (χ1) is 8.74. The van der Waals surface area contributed by atoms with Crippen molar-refractivity contribution < 1.29 is 9.53 Å².